The minimum atomic E-state index is -0.131. The standard InChI is InChI=1S/C28H35FN2OS2/c1-4-21-22-10-15-31(18(3)32)17-27(22)34-25(21)11-14-30-12-8-19(9-13-30)28-23-7-6-20(29)16-26(23)33-24(28)5-2/h6-7,16,19H,4-5,8-15,17H2,1-3H3. The molecule has 2 aliphatic rings. The smallest absolute Gasteiger partial charge is 0.219 e. The van der Waals surface area contributed by atoms with Gasteiger partial charge in [-0.25, -0.2) is 4.39 Å². The van der Waals surface area contributed by atoms with Gasteiger partial charge in [0.1, 0.15) is 5.82 Å². The fraction of sp³-hybridized carbons (Fsp3) is 0.536. The van der Waals surface area contributed by atoms with E-state index in [-0.39, 0.29) is 11.7 Å². The van der Waals surface area contributed by atoms with Gasteiger partial charge in [-0.05, 0) is 91.7 Å². The Kier molecular flexibility index (Phi) is 7.10. The molecule has 0 radical (unpaired) electrons. The second-order valence-corrected chi connectivity index (χ2v) is 12.1. The lowest BCUT2D eigenvalue weighted by atomic mass is 9.87. The average molecular weight is 499 g/mol. The Morgan fingerprint density at radius 2 is 1.88 bits per heavy atom. The first-order chi connectivity index (χ1) is 16.5. The highest BCUT2D eigenvalue weighted by atomic mass is 32.1. The number of thiophene rings is 2. The molecule has 0 saturated carbocycles. The van der Waals surface area contributed by atoms with Gasteiger partial charge in [-0.3, -0.25) is 4.79 Å². The summed E-state index contributed by atoms with van der Waals surface area (Å²) in [5, 5.41) is 1.28. The number of nitrogens with zero attached hydrogens (tertiary/aromatic N) is 2. The Balaban J connectivity index is 1.24. The van der Waals surface area contributed by atoms with Crippen molar-refractivity contribution < 1.29 is 9.18 Å². The molecule has 0 atom stereocenters. The summed E-state index contributed by atoms with van der Waals surface area (Å²) >= 11 is 3.73. The van der Waals surface area contributed by atoms with Crippen LogP contribution in [-0.2, 0) is 37.0 Å². The maximum absolute atomic E-state index is 13.8. The number of hydrogen-bond donors (Lipinski definition) is 0. The van der Waals surface area contributed by atoms with E-state index < -0.39 is 0 Å². The average Bonchev–Trinajstić information content (AvgIpc) is 3.39. The molecule has 2 aliphatic heterocycles. The number of carbonyl (C=O) groups excluding carboxylic acids is 1. The quantitative estimate of drug-likeness (QED) is 0.385. The number of aryl methyl sites for hydroxylation is 1. The van der Waals surface area contributed by atoms with Gasteiger partial charge in [-0.1, -0.05) is 19.9 Å². The van der Waals surface area contributed by atoms with Crippen LogP contribution in [0.15, 0.2) is 18.2 Å². The van der Waals surface area contributed by atoms with Crippen LogP contribution in [-0.4, -0.2) is 41.9 Å². The van der Waals surface area contributed by atoms with E-state index >= 15 is 0 Å². The largest absolute Gasteiger partial charge is 0.337 e. The molecule has 34 heavy (non-hydrogen) atoms. The van der Waals surface area contributed by atoms with Crippen LogP contribution in [0.4, 0.5) is 4.39 Å². The molecule has 2 aromatic heterocycles. The Bertz CT molecular complexity index is 1190. The molecule has 182 valence electrons. The number of rotatable bonds is 6. The second-order valence-electron chi connectivity index (χ2n) is 9.75. The van der Waals surface area contributed by atoms with Crippen LogP contribution in [0.5, 0.6) is 0 Å². The number of amides is 1. The van der Waals surface area contributed by atoms with Crippen LogP contribution in [0, 0.1) is 5.82 Å². The molecular formula is C28H35FN2OS2. The van der Waals surface area contributed by atoms with Gasteiger partial charge in [-0.2, -0.15) is 0 Å². The van der Waals surface area contributed by atoms with E-state index in [9.17, 15) is 9.18 Å². The van der Waals surface area contributed by atoms with Crippen LogP contribution in [0.2, 0.25) is 0 Å². The monoisotopic (exact) mass is 498 g/mol. The number of halogens is 1. The number of likely N-dealkylation sites (tertiary alicyclic amines) is 1. The lowest BCUT2D eigenvalue weighted by molar-refractivity contribution is -0.129. The molecule has 0 N–H and O–H groups in total. The van der Waals surface area contributed by atoms with Crippen molar-refractivity contribution in [2.24, 2.45) is 0 Å². The molecule has 1 fully saturated rings. The third-order valence-electron chi connectivity index (χ3n) is 7.79. The molecule has 1 amide bonds. The van der Waals surface area contributed by atoms with E-state index in [0.29, 0.717) is 5.92 Å². The zero-order valence-corrected chi connectivity index (χ0v) is 22.2. The molecule has 0 spiro atoms. The first kappa shape index (κ1) is 24.0. The van der Waals surface area contributed by atoms with Crippen molar-refractivity contribution in [1.82, 2.24) is 9.80 Å². The molecule has 1 aromatic carbocycles. The Morgan fingerprint density at radius 3 is 2.59 bits per heavy atom. The third-order valence-corrected chi connectivity index (χ3v) is 10.4. The molecule has 1 saturated heterocycles. The molecule has 3 aromatic rings. The molecule has 0 bridgehead atoms. The molecule has 4 heterocycles. The first-order valence-corrected chi connectivity index (χ1v) is 14.4. The van der Waals surface area contributed by atoms with E-state index in [1.807, 2.05) is 22.3 Å². The van der Waals surface area contributed by atoms with Crippen molar-refractivity contribution in [3.05, 3.63) is 55.3 Å². The SMILES string of the molecule is CCc1sc2cc(F)ccc2c1C1CCN(CCc2sc3c(c2CC)CCN(C(C)=O)C3)CC1. The Hall–Kier alpha value is -1.76. The van der Waals surface area contributed by atoms with E-state index in [1.165, 1.54) is 39.1 Å². The molecule has 0 aliphatic carbocycles. The van der Waals surface area contributed by atoms with Crippen molar-refractivity contribution in [2.45, 2.75) is 71.8 Å². The van der Waals surface area contributed by atoms with Crippen LogP contribution in [0.1, 0.15) is 70.9 Å². The molecule has 3 nitrogen and oxygen atoms in total. The molecular weight excluding hydrogens is 463 g/mol. The maximum atomic E-state index is 13.8. The van der Waals surface area contributed by atoms with Gasteiger partial charge in [0.05, 0.1) is 6.54 Å². The third kappa shape index (κ3) is 4.57. The van der Waals surface area contributed by atoms with Crippen molar-refractivity contribution in [3.8, 4) is 0 Å². The lowest BCUT2D eigenvalue weighted by Crippen LogP contribution is -2.34. The van der Waals surface area contributed by atoms with Crippen molar-refractivity contribution in [2.75, 3.05) is 26.2 Å². The lowest BCUT2D eigenvalue weighted by Gasteiger charge is -2.32. The second kappa shape index (κ2) is 10.1. The van der Waals surface area contributed by atoms with Gasteiger partial charge in [0.15, 0.2) is 0 Å². The van der Waals surface area contributed by atoms with Gasteiger partial charge in [0.2, 0.25) is 5.91 Å². The van der Waals surface area contributed by atoms with E-state index in [2.05, 4.69) is 18.7 Å². The Morgan fingerprint density at radius 1 is 1.09 bits per heavy atom. The highest BCUT2D eigenvalue weighted by molar-refractivity contribution is 7.19. The van der Waals surface area contributed by atoms with Crippen LogP contribution >= 0.6 is 22.7 Å². The summed E-state index contributed by atoms with van der Waals surface area (Å²) in [4.78, 5) is 20.9. The fourth-order valence-electron chi connectivity index (χ4n) is 5.96. The van der Waals surface area contributed by atoms with Gasteiger partial charge >= 0.3 is 0 Å². The van der Waals surface area contributed by atoms with Crippen LogP contribution in [0.25, 0.3) is 10.1 Å². The van der Waals surface area contributed by atoms with Crippen molar-refractivity contribution in [1.29, 1.82) is 0 Å². The van der Waals surface area contributed by atoms with Gasteiger partial charge in [0, 0.05) is 39.3 Å². The van der Waals surface area contributed by atoms with E-state index in [0.717, 1.165) is 63.1 Å². The summed E-state index contributed by atoms with van der Waals surface area (Å²) in [6, 6.07) is 5.33. The summed E-state index contributed by atoms with van der Waals surface area (Å²) in [6.07, 6.45) is 6.62. The Labute approximate surface area is 210 Å². The zero-order valence-electron chi connectivity index (χ0n) is 20.6. The minimum absolute atomic E-state index is 0.131. The van der Waals surface area contributed by atoms with Crippen LogP contribution in [0.3, 0.4) is 0 Å². The zero-order chi connectivity index (χ0) is 23.8. The number of benzene rings is 1. The van der Waals surface area contributed by atoms with E-state index in [1.54, 1.807) is 40.8 Å². The van der Waals surface area contributed by atoms with Crippen LogP contribution < -0.4 is 0 Å². The predicted octanol–water partition coefficient (Wildman–Crippen LogP) is 6.55. The number of piperidine rings is 1. The molecule has 0 unspecified atom stereocenters. The normalized spacial score (nSPS) is 17.5. The van der Waals surface area contributed by atoms with Gasteiger partial charge < -0.3 is 9.80 Å². The predicted molar refractivity (Wildman–Crippen MR) is 142 cm³/mol. The first-order valence-electron chi connectivity index (χ1n) is 12.8. The highest BCUT2D eigenvalue weighted by Gasteiger charge is 2.27. The van der Waals surface area contributed by atoms with Gasteiger partial charge in [0.25, 0.3) is 0 Å². The maximum Gasteiger partial charge on any atom is 0.219 e. The molecule has 6 heteroatoms. The molecule has 5 rings (SSSR count). The van der Waals surface area contributed by atoms with Crippen molar-refractivity contribution >= 4 is 38.7 Å². The summed E-state index contributed by atoms with van der Waals surface area (Å²) in [6.45, 7) is 11.2. The summed E-state index contributed by atoms with van der Waals surface area (Å²) < 4.78 is 14.9. The summed E-state index contributed by atoms with van der Waals surface area (Å²) in [5.74, 6) is 0.646. The van der Waals surface area contributed by atoms with E-state index in [4.69, 9.17) is 0 Å². The fourth-order valence-corrected chi connectivity index (χ4v) is 8.67. The van der Waals surface area contributed by atoms with Crippen molar-refractivity contribution in [3.63, 3.8) is 0 Å². The van der Waals surface area contributed by atoms with Gasteiger partial charge in [-0.15, -0.1) is 22.7 Å². The minimum Gasteiger partial charge on any atom is -0.337 e. The summed E-state index contributed by atoms with van der Waals surface area (Å²) in [7, 11) is 0. The summed E-state index contributed by atoms with van der Waals surface area (Å²) in [5.41, 5.74) is 4.59. The number of hydrogen-bond acceptors (Lipinski definition) is 4. The number of fused-ring (bicyclic) bond motifs is 2. The topological polar surface area (TPSA) is 23.6 Å². The number of carbonyl (C=O) groups is 1. The highest BCUT2D eigenvalue weighted by Crippen LogP contribution is 2.41.